The molecule has 1 saturated carbocycles. The summed E-state index contributed by atoms with van der Waals surface area (Å²) in [5, 5.41) is 3.67. The summed E-state index contributed by atoms with van der Waals surface area (Å²) < 4.78 is 17.6. The van der Waals surface area contributed by atoms with Gasteiger partial charge in [-0.15, -0.1) is 0 Å². The van der Waals surface area contributed by atoms with E-state index in [4.69, 9.17) is 14.2 Å². The second kappa shape index (κ2) is 9.79. The van der Waals surface area contributed by atoms with Crippen molar-refractivity contribution in [2.75, 3.05) is 33.9 Å². The average molecular weight is 399 g/mol. The number of benzene rings is 1. The molecule has 5 nitrogen and oxygen atoms in total. The van der Waals surface area contributed by atoms with Crippen LogP contribution in [0.3, 0.4) is 0 Å². The Balaban J connectivity index is 1.42. The maximum atomic E-state index is 6.42. The summed E-state index contributed by atoms with van der Waals surface area (Å²) in [6, 6.07) is 8.70. The summed E-state index contributed by atoms with van der Waals surface area (Å²) in [4.78, 5) is 2.48. The van der Waals surface area contributed by atoms with Gasteiger partial charge in [-0.1, -0.05) is 37.1 Å². The van der Waals surface area contributed by atoms with Crippen molar-refractivity contribution in [3.63, 3.8) is 0 Å². The smallest absolute Gasteiger partial charge is 0.122 e. The van der Waals surface area contributed by atoms with E-state index in [1.807, 2.05) is 12.1 Å². The molecule has 3 aliphatic rings. The van der Waals surface area contributed by atoms with Crippen molar-refractivity contribution in [3.05, 3.63) is 53.8 Å². The number of rotatable bonds is 7. The second-order valence-electron chi connectivity index (χ2n) is 8.27. The van der Waals surface area contributed by atoms with Gasteiger partial charge in [0, 0.05) is 38.5 Å². The lowest BCUT2D eigenvalue weighted by atomic mass is 10.0. The summed E-state index contributed by atoms with van der Waals surface area (Å²) in [5.41, 5.74) is 2.51. The third-order valence-electron chi connectivity index (χ3n) is 6.32. The van der Waals surface area contributed by atoms with Crippen LogP contribution in [0.5, 0.6) is 5.75 Å². The van der Waals surface area contributed by atoms with E-state index in [2.05, 4.69) is 40.6 Å². The van der Waals surface area contributed by atoms with Gasteiger partial charge in [0.05, 0.1) is 13.2 Å². The number of hydrogen-bond donors (Lipinski definition) is 1. The Hall–Kier alpha value is -1.82. The van der Waals surface area contributed by atoms with Crippen molar-refractivity contribution in [1.29, 1.82) is 0 Å². The standard InChI is InChI=1S/C24H34N2O3/c1-27-22-10-6-3-7-18(22)15-19-17-26(14-13-25-19)20-11-12-23(28-2)24(16-20)29-21-8-4-5-9-21/h3,6-7,10-12,16,19,21,23-25H,4-5,8-9,13-15,17H2,1-2H3/t19-,23?,24?/m0/s1. The molecule has 1 aromatic carbocycles. The van der Waals surface area contributed by atoms with Gasteiger partial charge >= 0.3 is 0 Å². The monoisotopic (exact) mass is 398 g/mol. The van der Waals surface area contributed by atoms with Crippen molar-refractivity contribution in [3.8, 4) is 5.75 Å². The minimum atomic E-state index is 0.00523. The SMILES string of the molecule is COc1ccccc1C[C@H]1CN(C2=CC(OC3CCCC3)C(OC)C=C2)CCN1. The predicted molar refractivity (Wildman–Crippen MR) is 115 cm³/mol. The van der Waals surface area contributed by atoms with E-state index in [0.29, 0.717) is 12.1 Å². The molecule has 1 aromatic rings. The number of methoxy groups -OCH3 is 2. The Morgan fingerprint density at radius 2 is 1.93 bits per heavy atom. The van der Waals surface area contributed by atoms with Gasteiger partial charge in [0.2, 0.25) is 0 Å². The van der Waals surface area contributed by atoms with Gasteiger partial charge < -0.3 is 24.4 Å². The van der Waals surface area contributed by atoms with Gasteiger partial charge in [-0.3, -0.25) is 0 Å². The lowest BCUT2D eigenvalue weighted by molar-refractivity contribution is -0.0493. The highest BCUT2D eigenvalue weighted by atomic mass is 16.5. The van der Waals surface area contributed by atoms with E-state index in [0.717, 1.165) is 31.8 Å². The molecular weight excluding hydrogens is 364 g/mol. The number of allylic oxidation sites excluding steroid dienone is 1. The first kappa shape index (κ1) is 20.5. The van der Waals surface area contributed by atoms with Crippen LogP contribution in [0.2, 0.25) is 0 Å². The van der Waals surface area contributed by atoms with Gasteiger partial charge in [0.1, 0.15) is 18.0 Å². The van der Waals surface area contributed by atoms with Crippen LogP contribution in [0, 0.1) is 0 Å². The molecule has 5 heteroatoms. The maximum Gasteiger partial charge on any atom is 0.122 e. The van der Waals surface area contributed by atoms with Gasteiger partial charge in [0.15, 0.2) is 0 Å². The lowest BCUT2D eigenvalue weighted by Gasteiger charge is -2.38. The van der Waals surface area contributed by atoms with Gasteiger partial charge in [-0.25, -0.2) is 0 Å². The topological polar surface area (TPSA) is 43.0 Å². The molecule has 4 rings (SSSR count). The molecule has 0 amide bonds. The highest BCUT2D eigenvalue weighted by molar-refractivity contribution is 5.34. The van der Waals surface area contributed by atoms with Gasteiger partial charge in [0.25, 0.3) is 0 Å². The highest BCUT2D eigenvalue weighted by Gasteiger charge is 2.29. The number of nitrogens with zero attached hydrogens (tertiary/aromatic N) is 1. The molecule has 3 atom stereocenters. The van der Waals surface area contributed by atoms with Crippen molar-refractivity contribution in [2.24, 2.45) is 0 Å². The maximum absolute atomic E-state index is 6.42. The first-order valence-corrected chi connectivity index (χ1v) is 11.0. The van der Waals surface area contributed by atoms with Crippen LogP contribution in [0.15, 0.2) is 48.2 Å². The highest BCUT2D eigenvalue weighted by Crippen LogP contribution is 2.28. The predicted octanol–water partition coefficient (Wildman–Crippen LogP) is 3.31. The van der Waals surface area contributed by atoms with Gasteiger partial charge in [-0.2, -0.15) is 0 Å². The van der Waals surface area contributed by atoms with Crippen molar-refractivity contribution < 1.29 is 14.2 Å². The van der Waals surface area contributed by atoms with Crippen molar-refractivity contribution in [1.82, 2.24) is 10.2 Å². The second-order valence-corrected chi connectivity index (χ2v) is 8.27. The van der Waals surface area contributed by atoms with Crippen molar-refractivity contribution in [2.45, 2.75) is 56.5 Å². The number of nitrogens with one attached hydrogen (secondary N) is 1. The molecule has 0 radical (unpaired) electrons. The first-order valence-electron chi connectivity index (χ1n) is 11.0. The van der Waals surface area contributed by atoms with E-state index in [-0.39, 0.29) is 12.2 Å². The molecule has 29 heavy (non-hydrogen) atoms. The van der Waals surface area contributed by atoms with E-state index in [1.54, 1.807) is 14.2 Å². The molecule has 1 N–H and O–H groups in total. The zero-order chi connectivity index (χ0) is 20.1. The Bertz CT molecular complexity index is 727. The molecule has 2 unspecified atom stereocenters. The summed E-state index contributed by atoms with van der Waals surface area (Å²) in [6.07, 6.45) is 12.9. The number of ether oxygens (including phenoxy) is 3. The number of para-hydroxylation sites is 1. The molecule has 2 fully saturated rings. The molecule has 0 bridgehead atoms. The van der Waals surface area contributed by atoms with Crippen LogP contribution in [0.1, 0.15) is 31.2 Å². The van der Waals surface area contributed by atoms with Crippen LogP contribution in [0.4, 0.5) is 0 Å². The fourth-order valence-corrected chi connectivity index (χ4v) is 4.74. The quantitative estimate of drug-likeness (QED) is 0.763. The van der Waals surface area contributed by atoms with Crippen LogP contribution in [-0.4, -0.2) is 63.1 Å². The lowest BCUT2D eigenvalue weighted by Crippen LogP contribution is -2.51. The summed E-state index contributed by atoms with van der Waals surface area (Å²) >= 11 is 0. The average Bonchev–Trinajstić information content (AvgIpc) is 3.27. The van der Waals surface area contributed by atoms with E-state index in [1.165, 1.54) is 36.9 Å². The molecule has 1 aliphatic heterocycles. The Morgan fingerprint density at radius 3 is 2.72 bits per heavy atom. The van der Waals surface area contributed by atoms with Crippen molar-refractivity contribution >= 4 is 0 Å². The van der Waals surface area contributed by atoms with Crippen LogP contribution >= 0.6 is 0 Å². The molecule has 0 spiro atoms. The normalized spacial score (nSPS) is 27.9. The largest absolute Gasteiger partial charge is 0.496 e. The van der Waals surface area contributed by atoms with E-state index >= 15 is 0 Å². The molecule has 2 aliphatic carbocycles. The van der Waals surface area contributed by atoms with E-state index < -0.39 is 0 Å². The fourth-order valence-electron chi connectivity index (χ4n) is 4.74. The molecular formula is C24H34N2O3. The number of piperazine rings is 1. The van der Waals surface area contributed by atoms with Crippen LogP contribution in [0.25, 0.3) is 0 Å². The molecule has 158 valence electrons. The zero-order valence-electron chi connectivity index (χ0n) is 17.7. The van der Waals surface area contributed by atoms with Crippen LogP contribution < -0.4 is 10.1 Å². The Morgan fingerprint density at radius 1 is 1.10 bits per heavy atom. The van der Waals surface area contributed by atoms with Crippen LogP contribution in [-0.2, 0) is 15.9 Å². The minimum Gasteiger partial charge on any atom is -0.496 e. The Labute approximate surface area is 174 Å². The summed E-state index contributed by atoms with van der Waals surface area (Å²) in [7, 11) is 3.51. The third kappa shape index (κ3) is 5.03. The van der Waals surface area contributed by atoms with E-state index in [9.17, 15) is 0 Å². The summed E-state index contributed by atoms with van der Waals surface area (Å²) in [5.74, 6) is 0.969. The van der Waals surface area contributed by atoms with Gasteiger partial charge in [-0.05, 0) is 43.0 Å². The minimum absolute atomic E-state index is 0.00523. The zero-order valence-corrected chi connectivity index (χ0v) is 17.7. The Kier molecular flexibility index (Phi) is 6.90. The third-order valence-corrected chi connectivity index (χ3v) is 6.32. The fraction of sp³-hybridized carbons (Fsp3) is 0.583. The molecule has 1 heterocycles. The molecule has 1 saturated heterocycles. The number of hydrogen-bond acceptors (Lipinski definition) is 5. The first-order chi connectivity index (χ1) is 14.3. The summed E-state index contributed by atoms with van der Waals surface area (Å²) in [6.45, 7) is 2.96. The molecule has 0 aromatic heterocycles.